The van der Waals surface area contributed by atoms with Crippen LogP contribution in [0.2, 0.25) is 0 Å². The van der Waals surface area contributed by atoms with Crippen LogP contribution in [0.1, 0.15) is 44.4 Å². The normalized spacial score (nSPS) is 11.1. The minimum atomic E-state index is -0.562. The lowest BCUT2D eigenvalue weighted by Crippen LogP contribution is -2.27. The number of aromatic nitrogens is 3. The highest BCUT2D eigenvalue weighted by atomic mass is 32.1. The van der Waals surface area contributed by atoms with Crippen LogP contribution in [-0.4, -0.2) is 59.3 Å². The van der Waals surface area contributed by atoms with Crippen LogP contribution in [0.15, 0.2) is 11.1 Å². The van der Waals surface area contributed by atoms with Crippen LogP contribution in [0.4, 0.5) is 5.13 Å². The van der Waals surface area contributed by atoms with Gasteiger partial charge in [-0.15, -0.1) is 11.3 Å². The predicted molar refractivity (Wildman–Crippen MR) is 131 cm³/mol. The summed E-state index contributed by atoms with van der Waals surface area (Å²) in [6.07, 6.45) is 1.25. The molecule has 35 heavy (non-hydrogen) atoms. The van der Waals surface area contributed by atoms with Crippen LogP contribution in [-0.2, 0) is 25.5 Å². The minimum absolute atomic E-state index is 0.0915. The number of thiophene rings is 1. The molecule has 0 aliphatic heterocycles. The van der Waals surface area contributed by atoms with Gasteiger partial charge < -0.3 is 19.5 Å². The Labute approximate surface area is 209 Å². The van der Waals surface area contributed by atoms with Crippen molar-refractivity contribution in [3.05, 3.63) is 37.7 Å². The number of fused-ring (bicyclic) bond motifs is 1. The molecule has 3 heterocycles. The Bertz CT molecular complexity index is 1310. The Kier molecular flexibility index (Phi) is 8.70. The average molecular weight is 523 g/mol. The van der Waals surface area contributed by atoms with Crippen molar-refractivity contribution in [3.63, 3.8) is 0 Å². The van der Waals surface area contributed by atoms with Gasteiger partial charge in [-0.05, 0) is 25.3 Å². The lowest BCUT2D eigenvalue weighted by Gasteiger charge is -2.06. The Hall–Kier alpha value is -3.16. The highest BCUT2D eigenvalue weighted by Crippen LogP contribution is 2.27. The maximum Gasteiger partial charge on any atom is 0.350 e. The van der Waals surface area contributed by atoms with E-state index in [0.717, 1.165) is 27.2 Å². The molecule has 11 nitrogen and oxygen atoms in total. The maximum atomic E-state index is 13.0. The number of methoxy groups -OCH3 is 1. The average Bonchev–Trinajstić information content (AvgIpc) is 3.33. The number of thiazole rings is 1. The van der Waals surface area contributed by atoms with Gasteiger partial charge in [0.1, 0.15) is 27.7 Å². The summed E-state index contributed by atoms with van der Waals surface area (Å²) in [7, 11) is 1.50. The van der Waals surface area contributed by atoms with E-state index in [1.807, 2.05) is 13.8 Å². The summed E-state index contributed by atoms with van der Waals surface area (Å²) < 4.78 is 16.4. The Balaban J connectivity index is 1.73. The molecule has 188 valence electrons. The van der Waals surface area contributed by atoms with Crippen molar-refractivity contribution in [3.8, 4) is 0 Å². The van der Waals surface area contributed by atoms with Crippen LogP contribution in [0.5, 0.6) is 0 Å². The highest BCUT2D eigenvalue weighted by molar-refractivity contribution is 7.20. The molecule has 0 aromatic carbocycles. The molecule has 0 fully saturated rings. The molecular weight excluding hydrogens is 496 g/mol. The number of anilines is 1. The van der Waals surface area contributed by atoms with Crippen molar-refractivity contribution in [1.82, 2.24) is 14.5 Å². The fourth-order valence-electron chi connectivity index (χ4n) is 3.01. The van der Waals surface area contributed by atoms with Gasteiger partial charge in [0.2, 0.25) is 5.91 Å². The smallest absolute Gasteiger partial charge is 0.350 e. The zero-order valence-electron chi connectivity index (χ0n) is 20.0. The fourth-order valence-corrected chi connectivity index (χ4v) is 4.92. The minimum Gasteiger partial charge on any atom is -0.461 e. The fraction of sp³-hybridized carbons (Fsp3) is 0.455. The first-order chi connectivity index (χ1) is 16.6. The topological polar surface area (TPSA) is 139 Å². The third-order valence-corrected chi connectivity index (χ3v) is 6.95. The molecule has 0 radical (unpaired) electrons. The molecule has 0 atom stereocenters. The van der Waals surface area contributed by atoms with E-state index in [9.17, 15) is 19.2 Å². The van der Waals surface area contributed by atoms with E-state index in [-0.39, 0.29) is 47.7 Å². The van der Waals surface area contributed by atoms with Crippen molar-refractivity contribution in [1.29, 1.82) is 0 Å². The van der Waals surface area contributed by atoms with E-state index in [0.29, 0.717) is 21.0 Å². The first kappa shape index (κ1) is 26.4. The third kappa shape index (κ3) is 6.29. The second-order valence-corrected chi connectivity index (χ2v) is 10.0. The number of carbonyl (C=O) groups is 3. The predicted octanol–water partition coefficient (Wildman–Crippen LogP) is 2.79. The monoisotopic (exact) mass is 522 g/mol. The van der Waals surface area contributed by atoms with Crippen LogP contribution in [0, 0.1) is 19.8 Å². The summed E-state index contributed by atoms with van der Waals surface area (Å²) in [5, 5.41) is 3.08. The molecule has 0 saturated carbocycles. The molecule has 1 N–H and O–H groups in total. The first-order valence-corrected chi connectivity index (χ1v) is 12.3. The number of hydrogen-bond donors (Lipinski definition) is 1. The molecule has 0 aliphatic carbocycles. The lowest BCUT2D eigenvalue weighted by atomic mass is 10.2. The molecule has 0 spiro atoms. The zero-order valence-corrected chi connectivity index (χ0v) is 21.6. The van der Waals surface area contributed by atoms with E-state index in [2.05, 4.69) is 15.3 Å². The maximum absolute atomic E-state index is 13.0. The van der Waals surface area contributed by atoms with Gasteiger partial charge in [0, 0.05) is 7.11 Å². The van der Waals surface area contributed by atoms with Crippen molar-refractivity contribution in [2.24, 2.45) is 5.92 Å². The summed E-state index contributed by atoms with van der Waals surface area (Å²) in [5.74, 6) is -1.38. The van der Waals surface area contributed by atoms with E-state index < -0.39 is 23.4 Å². The summed E-state index contributed by atoms with van der Waals surface area (Å²) in [4.78, 5) is 59.6. The number of amides is 1. The van der Waals surface area contributed by atoms with Gasteiger partial charge in [0.05, 0.1) is 30.6 Å². The molecule has 3 rings (SSSR count). The third-order valence-electron chi connectivity index (χ3n) is 4.71. The van der Waals surface area contributed by atoms with E-state index in [1.54, 1.807) is 13.8 Å². The summed E-state index contributed by atoms with van der Waals surface area (Å²) in [6.45, 7) is 7.46. The zero-order chi connectivity index (χ0) is 25.7. The van der Waals surface area contributed by atoms with Gasteiger partial charge in [-0.2, -0.15) is 0 Å². The molecular formula is C22H26N4O7S2. The van der Waals surface area contributed by atoms with Crippen molar-refractivity contribution >= 4 is 55.9 Å². The number of carbonyl (C=O) groups excluding carboxylic acids is 3. The van der Waals surface area contributed by atoms with Gasteiger partial charge in [-0.3, -0.25) is 14.2 Å². The molecule has 3 aromatic rings. The number of rotatable bonds is 10. The highest BCUT2D eigenvalue weighted by Gasteiger charge is 2.22. The SMILES string of the molecule is COCCOC(=O)c1sc2ncn(CC(=O)Nc3nc(C)c(C(=O)OCC(C)C)s3)c(=O)c2c1C. The van der Waals surface area contributed by atoms with Gasteiger partial charge >= 0.3 is 11.9 Å². The number of ether oxygens (including phenoxy) is 3. The molecule has 1 amide bonds. The van der Waals surface area contributed by atoms with E-state index in [1.165, 1.54) is 13.4 Å². The molecule has 0 saturated heterocycles. The lowest BCUT2D eigenvalue weighted by molar-refractivity contribution is -0.116. The number of aryl methyl sites for hydroxylation is 2. The standard InChI is InChI=1S/C22H26N4O7S2/c1-11(2)9-33-21(30)17-13(4)24-22(35-17)25-14(27)8-26-10-23-18-15(19(26)28)12(3)16(34-18)20(29)32-7-6-31-5/h10-11H,6-9H2,1-5H3,(H,24,25,27). The molecule has 0 aliphatic rings. The van der Waals surface area contributed by atoms with Gasteiger partial charge in [0.25, 0.3) is 5.56 Å². The molecule has 3 aromatic heterocycles. The van der Waals surface area contributed by atoms with Crippen molar-refractivity contribution < 1.29 is 28.6 Å². The van der Waals surface area contributed by atoms with Gasteiger partial charge in [0.15, 0.2) is 5.13 Å². The number of esters is 2. The van der Waals surface area contributed by atoms with Crippen molar-refractivity contribution in [2.45, 2.75) is 34.2 Å². The Morgan fingerprint density at radius 3 is 2.49 bits per heavy atom. The number of nitrogens with zero attached hydrogens (tertiary/aromatic N) is 3. The van der Waals surface area contributed by atoms with E-state index >= 15 is 0 Å². The van der Waals surface area contributed by atoms with Gasteiger partial charge in [-0.25, -0.2) is 19.6 Å². The Morgan fingerprint density at radius 1 is 1.09 bits per heavy atom. The van der Waals surface area contributed by atoms with Crippen molar-refractivity contribution in [2.75, 3.05) is 32.2 Å². The number of hydrogen-bond acceptors (Lipinski definition) is 11. The molecule has 0 unspecified atom stereocenters. The summed E-state index contributed by atoms with van der Waals surface area (Å²) in [5.41, 5.74) is 0.431. The molecule has 13 heteroatoms. The summed E-state index contributed by atoms with van der Waals surface area (Å²) >= 11 is 2.06. The van der Waals surface area contributed by atoms with E-state index in [4.69, 9.17) is 14.2 Å². The second-order valence-electron chi connectivity index (χ2n) is 8.02. The van der Waals surface area contributed by atoms with Crippen LogP contribution in [0.3, 0.4) is 0 Å². The second kappa shape index (κ2) is 11.5. The van der Waals surface area contributed by atoms with Crippen LogP contribution >= 0.6 is 22.7 Å². The Morgan fingerprint density at radius 2 is 1.80 bits per heavy atom. The quantitative estimate of drug-likeness (QED) is 0.314. The largest absolute Gasteiger partial charge is 0.461 e. The van der Waals surface area contributed by atoms with Gasteiger partial charge in [-0.1, -0.05) is 25.2 Å². The summed E-state index contributed by atoms with van der Waals surface area (Å²) in [6, 6.07) is 0. The molecule has 0 bridgehead atoms. The first-order valence-electron chi connectivity index (χ1n) is 10.7. The van der Waals surface area contributed by atoms with Crippen LogP contribution < -0.4 is 10.9 Å². The number of nitrogens with one attached hydrogen (secondary N) is 1. The van der Waals surface area contributed by atoms with Crippen LogP contribution in [0.25, 0.3) is 10.2 Å².